The molecule has 0 radical (unpaired) electrons. The molecule has 0 spiro atoms. The van der Waals surface area contributed by atoms with E-state index in [4.69, 9.17) is 9.97 Å². The molecular formula is C44H27N3S. The van der Waals surface area contributed by atoms with Crippen molar-refractivity contribution in [1.29, 1.82) is 0 Å². The normalized spacial score (nSPS) is 11.8. The first kappa shape index (κ1) is 27.1. The van der Waals surface area contributed by atoms with E-state index < -0.39 is 0 Å². The van der Waals surface area contributed by atoms with Crippen LogP contribution in [-0.4, -0.2) is 14.5 Å². The Morgan fingerprint density at radius 1 is 0.458 bits per heavy atom. The zero-order valence-corrected chi connectivity index (χ0v) is 26.7. The van der Waals surface area contributed by atoms with Crippen LogP contribution in [0.25, 0.3) is 92.3 Å². The van der Waals surface area contributed by atoms with Crippen LogP contribution in [0.4, 0.5) is 0 Å². The number of para-hydroxylation sites is 2. The molecule has 7 aromatic carbocycles. The van der Waals surface area contributed by atoms with Gasteiger partial charge in [-0.1, -0.05) is 127 Å². The SMILES string of the molecule is c1ccc(-c2nc(-c3cccc4ccccc34)c3sc4ccc(-c5cccc(-n6c7ccccc7c7ccccc76)c5)cc4c3n2)cc1. The van der Waals surface area contributed by atoms with Crippen molar-refractivity contribution in [3.63, 3.8) is 0 Å². The number of nitrogens with zero attached hydrogens (tertiary/aromatic N) is 3. The average molecular weight is 630 g/mol. The molecule has 0 aliphatic carbocycles. The van der Waals surface area contributed by atoms with Crippen LogP contribution in [0.3, 0.4) is 0 Å². The monoisotopic (exact) mass is 629 g/mol. The van der Waals surface area contributed by atoms with E-state index in [0.717, 1.165) is 49.5 Å². The molecule has 0 fully saturated rings. The maximum Gasteiger partial charge on any atom is 0.160 e. The quantitative estimate of drug-likeness (QED) is 0.194. The average Bonchev–Trinajstić information content (AvgIpc) is 3.70. The highest BCUT2D eigenvalue weighted by molar-refractivity contribution is 7.26. The Balaban J connectivity index is 1.19. The Morgan fingerprint density at radius 2 is 1.10 bits per heavy atom. The number of hydrogen-bond acceptors (Lipinski definition) is 3. The van der Waals surface area contributed by atoms with Gasteiger partial charge in [0.1, 0.15) is 0 Å². The third-order valence-corrected chi connectivity index (χ3v) is 10.6. The Labute approximate surface area is 281 Å². The van der Waals surface area contributed by atoms with Crippen molar-refractivity contribution >= 4 is 64.2 Å². The highest BCUT2D eigenvalue weighted by atomic mass is 32.1. The minimum absolute atomic E-state index is 0.740. The predicted octanol–water partition coefficient (Wildman–Crippen LogP) is 12.1. The van der Waals surface area contributed by atoms with E-state index in [9.17, 15) is 0 Å². The van der Waals surface area contributed by atoms with Gasteiger partial charge < -0.3 is 4.57 Å². The minimum atomic E-state index is 0.740. The van der Waals surface area contributed by atoms with Crippen LogP contribution in [0.5, 0.6) is 0 Å². The number of rotatable bonds is 4. The van der Waals surface area contributed by atoms with Gasteiger partial charge in [-0.3, -0.25) is 0 Å². The Morgan fingerprint density at radius 3 is 1.92 bits per heavy atom. The molecule has 0 bridgehead atoms. The zero-order valence-electron chi connectivity index (χ0n) is 25.8. The van der Waals surface area contributed by atoms with Crippen LogP contribution in [0, 0.1) is 0 Å². The molecule has 3 nitrogen and oxygen atoms in total. The van der Waals surface area contributed by atoms with Crippen molar-refractivity contribution in [3.05, 3.63) is 164 Å². The highest BCUT2D eigenvalue weighted by Gasteiger charge is 2.19. The summed E-state index contributed by atoms with van der Waals surface area (Å²) in [6.07, 6.45) is 0. The van der Waals surface area contributed by atoms with Crippen LogP contribution in [0.1, 0.15) is 0 Å². The fourth-order valence-electron chi connectivity index (χ4n) is 7.18. The summed E-state index contributed by atoms with van der Waals surface area (Å²) in [4.78, 5) is 10.5. The Hall–Kier alpha value is -6.10. The minimum Gasteiger partial charge on any atom is -0.309 e. The van der Waals surface area contributed by atoms with E-state index >= 15 is 0 Å². The van der Waals surface area contributed by atoms with Crippen LogP contribution >= 0.6 is 11.3 Å². The number of benzene rings is 7. The van der Waals surface area contributed by atoms with Crippen molar-refractivity contribution in [3.8, 4) is 39.5 Å². The van der Waals surface area contributed by atoms with E-state index in [-0.39, 0.29) is 0 Å². The molecule has 0 saturated heterocycles. The molecule has 0 atom stereocenters. The first-order valence-electron chi connectivity index (χ1n) is 16.2. The fourth-order valence-corrected chi connectivity index (χ4v) is 8.31. The number of hydrogen-bond donors (Lipinski definition) is 0. The lowest BCUT2D eigenvalue weighted by molar-refractivity contribution is 1.18. The van der Waals surface area contributed by atoms with Gasteiger partial charge in [0, 0.05) is 37.7 Å². The van der Waals surface area contributed by atoms with Crippen molar-refractivity contribution in [2.24, 2.45) is 0 Å². The largest absolute Gasteiger partial charge is 0.309 e. The second kappa shape index (κ2) is 10.7. The second-order valence-electron chi connectivity index (χ2n) is 12.2. The van der Waals surface area contributed by atoms with Gasteiger partial charge in [-0.05, 0) is 58.3 Å². The van der Waals surface area contributed by atoms with Gasteiger partial charge in [0.25, 0.3) is 0 Å². The predicted molar refractivity (Wildman–Crippen MR) is 203 cm³/mol. The lowest BCUT2D eigenvalue weighted by atomic mass is 10.0. The fraction of sp³-hybridized carbons (Fsp3) is 0. The molecular weight excluding hydrogens is 603 g/mol. The molecule has 0 amide bonds. The second-order valence-corrected chi connectivity index (χ2v) is 13.3. The summed E-state index contributed by atoms with van der Waals surface area (Å²) in [5.74, 6) is 0.740. The zero-order chi connectivity index (χ0) is 31.6. The lowest BCUT2D eigenvalue weighted by Crippen LogP contribution is -1.94. The van der Waals surface area contributed by atoms with Gasteiger partial charge in [-0.25, -0.2) is 9.97 Å². The maximum atomic E-state index is 5.26. The molecule has 10 rings (SSSR count). The molecule has 0 aliphatic rings. The molecule has 3 heterocycles. The van der Waals surface area contributed by atoms with Crippen molar-refractivity contribution in [1.82, 2.24) is 14.5 Å². The molecule has 4 heteroatoms. The van der Waals surface area contributed by atoms with Crippen LogP contribution in [0.15, 0.2) is 164 Å². The van der Waals surface area contributed by atoms with Gasteiger partial charge >= 0.3 is 0 Å². The third kappa shape index (κ3) is 4.20. The van der Waals surface area contributed by atoms with Crippen molar-refractivity contribution in [2.45, 2.75) is 0 Å². The molecule has 48 heavy (non-hydrogen) atoms. The summed E-state index contributed by atoms with van der Waals surface area (Å²) in [5.41, 5.74) is 10.0. The summed E-state index contributed by atoms with van der Waals surface area (Å²) < 4.78 is 4.69. The number of aromatic nitrogens is 3. The topological polar surface area (TPSA) is 30.7 Å². The van der Waals surface area contributed by atoms with Crippen LogP contribution < -0.4 is 0 Å². The maximum absolute atomic E-state index is 5.26. The summed E-state index contributed by atoms with van der Waals surface area (Å²) in [6, 6.07) is 58.4. The molecule has 10 aromatic rings. The first-order valence-corrected chi connectivity index (χ1v) is 17.0. The highest BCUT2D eigenvalue weighted by Crippen LogP contribution is 2.42. The molecule has 0 saturated carbocycles. The lowest BCUT2D eigenvalue weighted by Gasteiger charge is -2.11. The summed E-state index contributed by atoms with van der Waals surface area (Å²) in [6.45, 7) is 0. The Bertz CT molecular complexity index is 2790. The van der Waals surface area contributed by atoms with Gasteiger partial charge in [-0.15, -0.1) is 11.3 Å². The van der Waals surface area contributed by atoms with Crippen LogP contribution in [0.2, 0.25) is 0 Å². The summed E-state index contributed by atoms with van der Waals surface area (Å²) in [5, 5.41) is 6.07. The molecule has 0 aliphatic heterocycles. The van der Waals surface area contributed by atoms with Crippen molar-refractivity contribution in [2.75, 3.05) is 0 Å². The standard InChI is InChI=1S/C44H27N3S/c1-2-13-29(14-3-1)44-45-41(36-21-11-15-28-12-4-5-18-33(28)36)43-42(46-44)37-27-31(24-25-40(37)48-43)30-16-10-17-32(26-30)47-38-22-8-6-19-34(38)35-20-7-9-23-39(35)47/h1-27H. The Kier molecular flexibility index (Phi) is 6.05. The van der Waals surface area contributed by atoms with Gasteiger partial charge in [0.05, 0.1) is 26.9 Å². The molecule has 3 aromatic heterocycles. The van der Waals surface area contributed by atoms with Crippen molar-refractivity contribution < 1.29 is 0 Å². The van der Waals surface area contributed by atoms with Gasteiger partial charge in [0.2, 0.25) is 0 Å². The third-order valence-electron chi connectivity index (χ3n) is 9.41. The molecule has 0 N–H and O–H groups in total. The van der Waals surface area contributed by atoms with E-state index in [0.29, 0.717) is 0 Å². The van der Waals surface area contributed by atoms with Crippen LogP contribution in [-0.2, 0) is 0 Å². The summed E-state index contributed by atoms with van der Waals surface area (Å²) in [7, 11) is 0. The summed E-state index contributed by atoms with van der Waals surface area (Å²) >= 11 is 1.77. The van der Waals surface area contributed by atoms with E-state index in [1.54, 1.807) is 11.3 Å². The van der Waals surface area contributed by atoms with Gasteiger partial charge in [-0.2, -0.15) is 0 Å². The van der Waals surface area contributed by atoms with E-state index in [1.165, 1.54) is 42.8 Å². The molecule has 0 unspecified atom stereocenters. The van der Waals surface area contributed by atoms with Gasteiger partial charge in [0.15, 0.2) is 5.82 Å². The molecule has 224 valence electrons. The van der Waals surface area contributed by atoms with E-state index in [1.807, 2.05) is 6.07 Å². The first-order chi connectivity index (χ1) is 23.8. The number of thiophene rings is 1. The smallest absolute Gasteiger partial charge is 0.160 e. The number of fused-ring (bicyclic) bond motifs is 7. The van der Waals surface area contributed by atoms with E-state index in [2.05, 4.69) is 162 Å².